The van der Waals surface area contributed by atoms with E-state index in [1.807, 2.05) is 0 Å². The van der Waals surface area contributed by atoms with Crippen LogP contribution in [0.25, 0.3) is 0 Å². The summed E-state index contributed by atoms with van der Waals surface area (Å²) in [7, 11) is 1.56. The van der Waals surface area contributed by atoms with Crippen molar-refractivity contribution in [3.8, 4) is 5.75 Å². The number of aromatic hydroxyl groups is 1. The first-order valence-electron chi connectivity index (χ1n) is 4.92. The summed E-state index contributed by atoms with van der Waals surface area (Å²) in [4.78, 5) is 24.5. The van der Waals surface area contributed by atoms with Crippen molar-refractivity contribution in [2.45, 2.75) is 6.04 Å². The number of para-hydroxylation sites is 1. The molecule has 2 amide bonds. The number of hydrogen-bond donors (Lipinski definition) is 2. The molecule has 16 heavy (non-hydrogen) atoms. The highest BCUT2D eigenvalue weighted by atomic mass is 16.3. The van der Waals surface area contributed by atoms with Gasteiger partial charge in [-0.25, -0.2) is 0 Å². The summed E-state index contributed by atoms with van der Waals surface area (Å²) in [6.07, 6.45) is 0. The number of hydrogen-bond acceptors (Lipinski definition) is 3. The van der Waals surface area contributed by atoms with Gasteiger partial charge in [0, 0.05) is 12.6 Å². The Labute approximate surface area is 92.7 Å². The molecule has 0 radical (unpaired) electrons. The van der Waals surface area contributed by atoms with Crippen LogP contribution in [0.15, 0.2) is 24.3 Å². The number of benzene rings is 1. The Morgan fingerprint density at radius 1 is 1.38 bits per heavy atom. The average Bonchev–Trinajstić information content (AvgIpc) is 2.24. The molecule has 1 aliphatic rings. The zero-order valence-corrected chi connectivity index (χ0v) is 8.80. The lowest BCUT2D eigenvalue weighted by Gasteiger charge is -2.30. The van der Waals surface area contributed by atoms with Crippen LogP contribution in [0.5, 0.6) is 5.75 Å². The second-order valence-electron chi connectivity index (χ2n) is 3.75. The van der Waals surface area contributed by atoms with E-state index in [9.17, 15) is 14.7 Å². The SMILES string of the molecule is CN1CC(=O)NC(c2ccccc2O)C1=O. The highest BCUT2D eigenvalue weighted by Gasteiger charge is 2.32. The predicted molar refractivity (Wildman–Crippen MR) is 56.6 cm³/mol. The smallest absolute Gasteiger partial charge is 0.250 e. The summed E-state index contributed by atoms with van der Waals surface area (Å²) < 4.78 is 0. The molecule has 1 saturated heterocycles. The van der Waals surface area contributed by atoms with Crippen molar-refractivity contribution < 1.29 is 14.7 Å². The number of piperazine rings is 1. The highest BCUT2D eigenvalue weighted by molar-refractivity contribution is 5.95. The Balaban J connectivity index is 2.36. The first-order valence-corrected chi connectivity index (χ1v) is 4.92. The van der Waals surface area contributed by atoms with Crippen molar-refractivity contribution in [3.63, 3.8) is 0 Å². The molecule has 0 bridgehead atoms. The van der Waals surface area contributed by atoms with Crippen molar-refractivity contribution in [1.82, 2.24) is 10.2 Å². The number of nitrogens with one attached hydrogen (secondary N) is 1. The Hall–Kier alpha value is -2.04. The first-order chi connectivity index (χ1) is 7.59. The van der Waals surface area contributed by atoms with Gasteiger partial charge in [0.2, 0.25) is 11.8 Å². The summed E-state index contributed by atoms with van der Waals surface area (Å²) in [6, 6.07) is 5.70. The van der Waals surface area contributed by atoms with Crippen LogP contribution in [-0.2, 0) is 9.59 Å². The Bertz CT molecular complexity index is 445. The monoisotopic (exact) mass is 220 g/mol. The third kappa shape index (κ3) is 1.71. The number of rotatable bonds is 1. The molecule has 84 valence electrons. The van der Waals surface area contributed by atoms with E-state index in [1.165, 1.54) is 11.0 Å². The molecule has 1 fully saturated rings. The minimum Gasteiger partial charge on any atom is -0.508 e. The van der Waals surface area contributed by atoms with Crippen molar-refractivity contribution in [3.05, 3.63) is 29.8 Å². The average molecular weight is 220 g/mol. The van der Waals surface area contributed by atoms with E-state index < -0.39 is 6.04 Å². The van der Waals surface area contributed by atoms with Gasteiger partial charge in [-0.2, -0.15) is 0 Å². The van der Waals surface area contributed by atoms with Crippen molar-refractivity contribution >= 4 is 11.8 Å². The van der Waals surface area contributed by atoms with Gasteiger partial charge in [-0.15, -0.1) is 0 Å². The van der Waals surface area contributed by atoms with Gasteiger partial charge in [0.25, 0.3) is 0 Å². The van der Waals surface area contributed by atoms with E-state index in [2.05, 4.69) is 5.32 Å². The van der Waals surface area contributed by atoms with Crippen molar-refractivity contribution in [2.75, 3.05) is 13.6 Å². The van der Waals surface area contributed by atoms with E-state index in [-0.39, 0.29) is 24.1 Å². The van der Waals surface area contributed by atoms with Crippen LogP contribution >= 0.6 is 0 Å². The molecule has 1 aromatic carbocycles. The van der Waals surface area contributed by atoms with Gasteiger partial charge in [0.05, 0.1) is 6.54 Å². The minimum atomic E-state index is -0.785. The van der Waals surface area contributed by atoms with Crippen LogP contribution in [0.3, 0.4) is 0 Å². The molecular formula is C11H12N2O3. The van der Waals surface area contributed by atoms with Crippen LogP contribution in [0.1, 0.15) is 11.6 Å². The molecule has 1 unspecified atom stereocenters. The molecule has 2 N–H and O–H groups in total. The second kappa shape index (κ2) is 3.84. The maximum absolute atomic E-state index is 11.8. The normalized spacial score (nSPS) is 20.8. The molecule has 0 spiro atoms. The number of likely N-dealkylation sites (N-methyl/N-ethyl adjacent to an activating group) is 1. The molecule has 5 nitrogen and oxygen atoms in total. The van der Waals surface area contributed by atoms with Gasteiger partial charge in [-0.3, -0.25) is 9.59 Å². The Kier molecular flexibility index (Phi) is 2.52. The van der Waals surface area contributed by atoms with Crippen LogP contribution in [-0.4, -0.2) is 35.4 Å². The van der Waals surface area contributed by atoms with E-state index >= 15 is 0 Å². The van der Waals surface area contributed by atoms with E-state index in [0.717, 1.165) is 0 Å². The highest BCUT2D eigenvalue weighted by Crippen LogP contribution is 2.26. The molecule has 0 aromatic heterocycles. The summed E-state index contributed by atoms with van der Waals surface area (Å²) in [5.74, 6) is -0.437. The van der Waals surface area contributed by atoms with E-state index in [1.54, 1.807) is 25.2 Å². The third-order valence-electron chi connectivity index (χ3n) is 2.56. The van der Waals surface area contributed by atoms with Crippen LogP contribution in [0, 0.1) is 0 Å². The van der Waals surface area contributed by atoms with Crippen molar-refractivity contribution in [2.24, 2.45) is 0 Å². The molecule has 1 heterocycles. The molecule has 0 aliphatic carbocycles. The molecule has 1 aliphatic heterocycles. The molecule has 1 atom stereocenters. The van der Waals surface area contributed by atoms with Crippen LogP contribution in [0.4, 0.5) is 0 Å². The number of carbonyl (C=O) groups excluding carboxylic acids is 2. The number of phenolic OH excluding ortho intramolecular Hbond substituents is 1. The summed E-state index contributed by atoms with van der Waals surface area (Å²) >= 11 is 0. The molecule has 1 aromatic rings. The third-order valence-corrected chi connectivity index (χ3v) is 2.56. The summed E-state index contributed by atoms with van der Waals surface area (Å²) in [6.45, 7) is 0.0585. The van der Waals surface area contributed by atoms with Crippen molar-refractivity contribution in [1.29, 1.82) is 0 Å². The van der Waals surface area contributed by atoms with Crippen LogP contribution < -0.4 is 5.32 Å². The van der Waals surface area contributed by atoms with Crippen LogP contribution in [0.2, 0.25) is 0 Å². The predicted octanol–water partition coefficient (Wildman–Crippen LogP) is 0.0215. The maximum atomic E-state index is 11.8. The van der Waals surface area contributed by atoms with Gasteiger partial charge in [-0.05, 0) is 6.07 Å². The summed E-state index contributed by atoms with van der Waals surface area (Å²) in [5.41, 5.74) is 0.424. The minimum absolute atomic E-state index is 0.0106. The summed E-state index contributed by atoms with van der Waals surface area (Å²) in [5, 5.41) is 12.2. The molecule has 0 saturated carbocycles. The maximum Gasteiger partial charge on any atom is 0.250 e. The van der Waals surface area contributed by atoms with Gasteiger partial charge >= 0.3 is 0 Å². The first kappa shape index (κ1) is 10.5. The standard InChI is InChI=1S/C11H12N2O3/c1-13-6-9(15)12-10(11(13)16)7-4-2-3-5-8(7)14/h2-5,10,14H,6H2,1H3,(H,12,15). The molecule has 5 heteroatoms. The number of carbonyl (C=O) groups is 2. The zero-order valence-electron chi connectivity index (χ0n) is 8.80. The van der Waals surface area contributed by atoms with Gasteiger partial charge in [0.1, 0.15) is 11.8 Å². The number of nitrogens with zero attached hydrogens (tertiary/aromatic N) is 1. The largest absolute Gasteiger partial charge is 0.508 e. The fourth-order valence-electron chi connectivity index (χ4n) is 1.72. The molecular weight excluding hydrogens is 208 g/mol. The lowest BCUT2D eigenvalue weighted by atomic mass is 10.0. The Morgan fingerprint density at radius 2 is 2.06 bits per heavy atom. The Morgan fingerprint density at radius 3 is 2.75 bits per heavy atom. The van der Waals surface area contributed by atoms with E-state index in [0.29, 0.717) is 5.56 Å². The fraction of sp³-hybridized carbons (Fsp3) is 0.273. The van der Waals surface area contributed by atoms with Gasteiger partial charge in [-0.1, -0.05) is 18.2 Å². The lowest BCUT2D eigenvalue weighted by Crippen LogP contribution is -2.51. The number of amides is 2. The fourth-order valence-corrected chi connectivity index (χ4v) is 1.72. The molecule has 2 rings (SSSR count). The van der Waals surface area contributed by atoms with Gasteiger partial charge < -0.3 is 15.3 Å². The lowest BCUT2D eigenvalue weighted by molar-refractivity contribution is -0.143. The van der Waals surface area contributed by atoms with E-state index in [4.69, 9.17) is 0 Å². The quantitative estimate of drug-likeness (QED) is 0.701. The number of phenols is 1. The zero-order chi connectivity index (χ0) is 11.7. The van der Waals surface area contributed by atoms with Gasteiger partial charge in [0.15, 0.2) is 0 Å². The second-order valence-corrected chi connectivity index (χ2v) is 3.75. The topological polar surface area (TPSA) is 69.6 Å².